The third kappa shape index (κ3) is 5.01. The van der Waals surface area contributed by atoms with Gasteiger partial charge < -0.3 is 19.5 Å². The maximum absolute atomic E-state index is 6.12. The molecule has 2 heterocycles. The number of nitrogens with one attached hydrogen (secondary N) is 1. The third-order valence-electron chi connectivity index (χ3n) is 5.00. The number of nitrogens with zero attached hydrogens (tertiary/aromatic N) is 2. The molecule has 4 rings (SSSR count). The quantitative estimate of drug-likeness (QED) is 0.501. The summed E-state index contributed by atoms with van der Waals surface area (Å²) in [6.45, 7) is 2.21. The molecule has 1 aliphatic heterocycles. The molecule has 6 nitrogen and oxygen atoms in total. The van der Waals surface area contributed by atoms with Crippen LogP contribution in [0.2, 0.25) is 5.02 Å². The molecule has 1 atom stereocenters. The fraction of sp³-hybridized carbons (Fsp3) is 0.409. The number of rotatable bonds is 8. The molecule has 1 unspecified atom stereocenters. The summed E-state index contributed by atoms with van der Waals surface area (Å²) in [4.78, 5) is 0. The Morgan fingerprint density at radius 1 is 1.24 bits per heavy atom. The number of hydrogen-bond donors (Lipinski definition) is 1. The van der Waals surface area contributed by atoms with Crippen molar-refractivity contribution in [3.05, 3.63) is 47.5 Å². The standard InChI is InChI=1S/C22H26ClN3O3/c1-27-18-9-10-20-19(15-18)22(24-17-7-4-6-16(23)14-17)25-26(20)11-5-13-29-21-8-2-3-12-28-21/h4,6-7,9-10,14-15,21H,2-3,5,8,11-13H2,1H3,(H,24,25). The van der Waals surface area contributed by atoms with Gasteiger partial charge in [-0.25, -0.2) is 0 Å². The van der Waals surface area contributed by atoms with Gasteiger partial charge in [-0.05, 0) is 62.1 Å². The number of ether oxygens (including phenoxy) is 3. The largest absolute Gasteiger partial charge is 0.497 e. The molecule has 154 valence electrons. The summed E-state index contributed by atoms with van der Waals surface area (Å²) < 4.78 is 18.9. The van der Waals surface area contributed by atoms with Crippen molar-refractivity contribution in [3.8, 4) is 5.75 Å². The van der Waals surface area contributed by atoms with Crippen LogP contribution in [0.5, 0.6) is 5.75 Å². The molecule has 0 amide bonds. The van der Waals surface area contributed by atoms with E-state index in [0.29, 0.717) is 11.6 Å². The molecule has 0 aliphatic carbocycles. The molecule has 29 heavy (non-hydrogen) atoms. The summed E-state index contributed by atoms with van der Waals surface area (Å²) in [7, 11) is 1.67. The lowest BCUT2D eigenvalue weighted by atomic mass is 10.2. The minimum Gasteiger partial charge on any atom is -0.497 e. The molecule has 3 aromatic rings. The van der Waals surface area contributed by atoms with Crippen molar-refractivity contribution in [2.75, 3.05) is 25.6 Å². The first-order valence-electron chi connectivity index (χ1n) is 10.0. The summed E-state index contributed by atoms with van der Waals surface area (Å²) in [6, 6.07) is 13.6. The Morgan fingerprint density at radius 2 is 2.17 bits per heavy atom. The van der Waals surface area contributed by atoms with Crippen LogP contribution < -0.4 is 10.1 Å². The van der Waals surface area contributed by atoms with E-state index in [4.69, 9.17) is 30.9 Å². The number of halogens is 1. The highest BCUT2D eigenvalue weighted by atomic mass is 35.5. The van der Waals surface area contributed by atoms with Gasteiger partial charge in [-0.2, -0.15) is 5.10 Å². The lowest BCUT2D eigenvalue weighted by Crippen LogP contribution is -2.23. The molecule has 0 bridgehead atoms. The number of hydrogen-bond acceptors (Lipinski definition) is 5. The first-order chi connectivity index (χ1) is 14.2. The topological polar surface area (TPSA) is 57.5 Å². The van der Waals surface area contributed by atoms with Gasteiger partial charge in [-0.15, -0.1) is 0 Å². The van der Waals surface area contributed by atoms with Gasteiger partial charge in [-0.3, -0.25) is 4.68 Å². The van der Waals surface area contributed by atoms with Crippen LogP contribution >= 0.6 is 11.6 Å². The molecule has 1 aliphatic rings. The molecule has 7 heteroatoms. The van der Waals surface area contributed by atoms with Crippen molar-refractivity contribution >= 4 is 34.0 Å². The van der Waals surface area contributed by atoms with E-state index >= 15 is 0 Å². The van der Waals surface area contributed by atoms with Crippen molar-refractivity contribution in [1.82, 2.24) is 9.78 Å². The highest BCUT2D eigenvalue weighted by molar-refractivity contribution is 6.30. The van der Waals surface area contributed by atoms with Gasteiger partial charge in [0.1, 0.15) is 5.75 Å². The number of aromatic nitrogens is 2. The van der Waals surface area contributed by atoms with E-state index in [9.17, 15) is 0 Å². The van der Waals surface area contributed by atoms with Crippen molar-refractivity contribution < 1.29 is 14.2 Å². The first-order valence-corrected chi connectivity index (χ1v) is 10.4. The molecule has 1 N–H and O–H groups in total. The van der Waals surface area contributed by atoms with Gasteiger partial charge in [0.15, 0.2) is 12.1 Å². The van der Waals surface area contributed by atoms with Crippen LogP contribution in [0.1, 0.15) is 25.7 Å². The molecule has 0 spiro atoms. The number of fused-ring (bicyclic) bond motifs is 1. The van der Waals surface area contributed by atoms with Crippen molar-refractivity contribution in [1.29, 1.82) is 0 Å². The average molecular weight is 416 g/mol. The van der Waals surface area contributed by atoms with Crippen molar-refractivity contribution in [2.45, 2.75) is 38.5 Å². The second kappa shape index (κ2) is 9.48. The Hall–Kier alpha value is -2.28. The van der Waals surface area contributed by atoms with Gasteiger partial charge in [-0.1, -0.05) is 17.7 Å². The van der Waals surface area contributed by atoms with Crippen LogP contribution in [0.25, 0.3) is 10.9 Å². The summed E-state index contributed by atoms with van der Waals surface area (Å²) in [5, 5.41) is 9.85. The summed E-state index contributed by atoms with van der Waals surface area (Å²) in [5.74, 6) is 1.57. The number of aryl methyl sites for hydroxylation is 1. The summed E-state index contributed by atoms with van der Waals surface area (Å²) in [5.41, 5.74) is 1.94. The Labute approximate surface area is 175 Å². The van der Waals surface area contributed by atoms with Crippen LogP contribution in [0.3, 0.4) is 0 Å². The number of methoxy groups -OCH3 is 1. The molecular weight excluding hydrogens is 390 g/mol. The highest BCUT2D eigenvalue weighted by Gasteiger charge is 2.15. The minimum atomic E-state index is -0.0533. The van der Waals surface area contributed by atoms with E-state index in [1.54, 1.807) is 7.11 Å². The molecule has 1 aromatic heterocycles. The second-order valence-corrected chi connectivity index (χ2v) is 7.55. The number of benzene rings is 2. The van der Waals surface area contributed by atoms with Crippen molar-refractivity contribution in [2.24, 2.45) is 0 Å². The smallest absolute Gasteiger partial charge is 0.160 e. The summed E-state index contributed by atoms with van der Waals surface area (Å²) >= 11 is 6.12. The monoisotopic (exact) mass is 415 g/mol. The fourth-order valence-electron chi connectivity index (χ4n) is 3.52. The van der Waals surface area contributed by atoms with Crippen LogP contribution in [0.4, 0.5) is 11.5 Å². The predicted molar refractivity (Wildman–Crippen MR) is 115 cm³/mol. The Bertz CT molecular complexity index is 954. The zero-order chi connectivity index (χ0) is 20.1. The Balaban J connectivity index is 1.49. The molecule has 1 fully saturated rings. The minimum absolute atomic E-state index is 0.0533. The molecule has 2 aromatic carbocycles. The van der Waals surface area contributed by atoms with Crippen LogP contribution in [0.15, 0.2) is 42.5 Å². The zero-order valence-electron chi connectivity index (χ0n) is 16.6. The lowest BCUT2D eigenvalue weighted by Gasteiger charge is -2.22. The number of anilines is 2. The average Bonchev–Trinajstić information content (AvgIpc) is 3.08. The van der Waals surface area contributed by atoms with Gasteiger partial charge >= 0.3 is 0 Å². The van der Waals surface area contributed by atoms with Gasteiger partial charge in [0.25, 0.3) is 0 Å². The van der Waals surface area contributed by atoms with E-state index < -0.39 is 0 Å². The normalized spacial score (nSPS) is 16.8. The zero-order valence-corrected chi connectivity index (χ0v) is 17.3. The molecule has 1 saturated heterocycles. The van der Waals surface area contributed by atoms with Gasteiger partial charge in [0, 0.05) is 29.2 Å². The fourth-order valence-corrected chi connectivity index (χ4v) is 3.71. The van der Waals surface area contributed by atoms with Gasteiger partial charge in [0.2, 0.25) is 0 Å². The van der Waals surface area contributed by atoms with E-state index in [0.717, 1.165) is 60.6 Å². The van der Waals surface area contributed by atoms with E-state index in [-0.39, 0.29) is 6.29 Å². The second-order valence-electron chi connectivity index (χ2n) is 7.11. The van der Waals surface area contributed by atoms with Crippen LogP contribution in [-0.2, 0) is 16.0 Å². The van der Waals surface area contributed by atoms with Crippen LogP contribution in [-0.4, -0.2) is 36.4 Å². The maximum atomic E-state index is 6.12. The first kappa shape index (κ1) is 20.0. The predicted octanol–water partition coefficient (Wildman–Crippen LogP) is 5.38. The molecule has 0 radical (unpaired) electrons. The van der Waals surface area contributed by atoms with Crippen molar-refractivity contribution in [3.63, 3.8) is 0 Å². The lowest BCUT2D eigenvalue weighted by molar-refractivity contribution is -0.163. The Morgan fingerprint density at radius 3 is 2.97 bits per heavy atom. The maximum Gasteiger partial charge on any atom is 0.160 e. The summed E-state index contributed by atoms with van der Waals surface area (Å²) in [6.07, 6.45) is 4.10. The van der Waals surface area contributed by atoms with E-state index in [1.807, 2.05) is 47.1 Å². The highest BCUT2D eigenvalue weighted by Crippen LogP contribution is 2.30. The van der Waals surface area contributed by atoms with Gasteiger partial charge in [0.05, 0.1) is 19.2 Å². The molecule has 0 saturated carbocycles. The van der Waals surface area contributed by atoms with Crippen LogP contribution in [0, 0.1) is 0 Å². The molecular formula is C22H26ClN3O3. The van der Waals surface area contributed by atoms with E-state index in [1.165, 1.54) is 6.42 Å². The SMILES string of the molecule is COc1ccc2c(c1)c(Nc1cccc(Cl)c1)nn2CCCOC1CCCCO1. The third-order valence-corrected chi connectivity index (χ3v) is 5.24. The Kier molecular flexibility index (Phi) is 6.54. The van der Waals surface area contributed by atoms with E-state index in [2.05, 4.69) is 5.32 Å².